The highest BCUT2D eigenvalue weighted by Gasteiger charge is 2.45. The molecule has 1 unspecified atom stereocenters. The molecule has 202 valence electrons. The molecule has 2 fully saturated rings. The summed E-state index contributed by atoms with van der Waals surface area (Å²) in [6, 6.07) is 16.1. The number of nitrogens with one attached hydrogen (secondary N) is 1. The second-order valence-electron chi connectivity index (χ2n) is 8.77. The Morgan fingerprint density at radius 2 is 1.57 bits per heavy atom. The standard InChI is InChI=1S/C23H27N5O4.C3H8.C2H6/c1-25-15-22(31)27-16-21(30)26(12-11-17-5-3-2-4-6-17)14-20(27)28(25)23(32)24-13-18-7-9-19(29)10-8-18;1-3-2;1-2/h2-10,20,29H,11-16H2,1H3,(H,24,32);3H2,1-2H3;1-2H3. The fraction of sp³-hybridized carbons (Fsp3) is 0.464. The first-order valence-corrected chi connectivity index (χ1v) is 13.0. The predicted octanol–water partition coefficient (Wildman–Crippen LogP) is 3.45. The molecule has 9 nitrogen and oxygen atoms in total. The number of benzene rings is 2. The van der Waals surface area contributed by atoms with E-state index in [0.717, 1.165) is 11.1 Å². The molecule has 2 aliphatic rings. The summed E-state index contributed by atoms with van der Waals surface area (Å²) in [6.07, 6.45) is 1.39. The van der Waals surface area contributed by atoms with E-state index in [1.165, 1.54) is 16.3 Å². The lowest BCUT2D eigenvalue weighted by molar-refractivity contribution is -0.178. The molecule has 37 heavy (non-hydrogen) atoms. The third-order valence-corrected chi connectivity index (χ3v) is 5.84. The van der Waals surface area contributed by atoms with Crippen LogP contribution in [0.5, 0.6) is 5.75 Å². The molecule has 0 aromatic heterocycles. The van der Waals surface area contributed by atoms with Gasteiger partial charge in [0.2, 0.25) is 11.8 Å². The van der Waals surface area contributed by atoms with Crippen LogP contribution in [0.3, 0.4) is 0 Å². The number of carbonyl (C=O) groups excluding carboxylic acids is 3. The Kier molecular flexibility index (Phi) is 11.9. The first-order valence-electron chi connectivity index (χ1n) is 13.0. The molecular weight excluding hydrogens is 470 g/mol. The minimum atomic E-state index is -0.561. The number of hydrogen-bond acceptors (Lipinski definition) is 5. The zero-order valence-corrected chi connectivity index (χ0v) is 22.7. The lowest BCUT2D eigenvalue weighted by Gasteiger charge is -2.51. The molecule has 0 aliphatic carbocycles. The molecule has 0 radical (unpaired) electrons. The number of aromatic hydroxyl groups is 1. The first kappa shape index (κ1) is 29.6. The van der Waals surface area contributed by atoms with Gasteiger partial charge in [0.1, 0.15) is 18.5 Å². The Morgan fingerprint density at radius 1 is 0.946 bits per heavy atom. The average Bonchev–Trinajstić information content (AvgIpc) is 2.90. The van der Waals surface area contributed by atoms with Gasteiger partial charge in [0, 0.05) is 20.1 Å². The van der Waals surface area contributed by atoms with Crippen molar-refractivity contribution >= 4 is 17.8 Å². The van der Waals surface area contributed by atoms with Crippen LogP contribution in [0.2, 0.25) is 0 Å². The number of phenols is 1. The summed E-state index contributed by atoms with van der Waals surface area (Å²) in [5, 5.41) is 15.4. The van der Waals surface area contributed by atoms with Gasteiger partial charge in [-0.3, -0.25) is 9.59 Å². The van der Waals surface area contributed by atoms with Crippen molar-refractivity contribution in [3.8, 4) is 5.75 Å². The van der Waals surface area contributed by atoms with Crippen LogP contribution in [0.25, 0.3) is 0 Å². The fourth-order valence-corrected chi connectivity index (χ4v) is 4.09. The molecular formula is C28H41N5O4. The van der Waals surface area contributed by atoms with Crippen molar-refractivity contribution in [1.82, 2.24) is 25.1 Å². The number of carbonyl (C=O) groups is 3. The number of hydrazine groups is 1. The van der Waals surface area contributed by atoms with Crippen LogP contribution in [0.1, 0.15) is 45.2 Å². The first-order chi connectivity index (χ1) is 17.8. The van der Waals surface area contributed by atoms with E-state index in [9.17, 15) is 19.5 Å². The molecule has 2 aliphatic heterocycles. The molecule has 2 aromatic carbocycles. The Morgan fingerprint density at radius 3 is 2.19 bits per heavy atom. The zero-order valence-electron chi connectivity index (χ0n) is 22.7. The average molecular weight is 512 g/mol. The molecule has 2 aromatic rings. The molecule has 1 atom stereocenters. The summed E-state index contributed by atoms with van der Waals surface area (Å²) in [5.74, 6) is -0.122. The van der Waals surface area contributed by atoms with E-state index >= 15 is 0 Å². The predicted molar refractivity (Wildman–Crippen MR) is 144 cm³/mol. The van der Waals surface area contributed by atoms with Crippen molar-refractivity contribution in [3.05, 3.63) is 65.7 Å². The summed E-state index contributed by atoms with van der Waals surface area (Å²) in [5.41, 5.74) is 1.97. The number of likely N-dealkylation sites (N-methyl/N-ethyl adjacent to an activating group) is 1. The molecule has 4 rings (SSSR count). The topological polar surface area (TPSA) is 96.4 Å². The van der Waals surface area contributed by atoms with Gasteiger partial charge >= 0.3 is 6.03 Å². The van der Waals surface area contributed by atoms with Gasteiger partial charge in [0.25, 0.3) is 0 Å². The third-order valence-electron chi connectivity index (χ3n) is 5.84. The zero-order chi connectivity index (χ0) is 27.4. The van der Waals surface area contributed by atoms with E-state index in [-0.39, 0.29) is 49.8 Å². The summed E-state index contributed by atoms with van der Waals surface area (Å²) < 4.78 is 0. The molecule has 2 saturated heterocycles. The van der Waals surface area contributed by atoms with Gasteiger partial charge in [-0.25, -0.2) is 14.8 Å². The van der Waals surface area contributed by atoms with Gasteiger partial charge in [-0.2, -0.15) is 0 Å². The van der Waals surface area contributed by atoms with E-state index < -0.39 is 6.17 Å². The lowest BCUT2D eigenvalue weighted by atomic mass is 10.1. The number of fused-ring (bicyclic) bond motifs is 1. The quantitative estimate of drug-likeness (QED) is 0.641. The van der Waals surface area contributed by atoms with Gasteiger partial charge in [-0.05, 0) is 29.7 Å². The Hall–Kier alpha value is -3.59. The largest absolute Gasteiger partial charge is 0.508 e. The molecule has 0 saturated carbocycles. The highest BCUT2D eigenvalue weighted by molar-refractivity contribution is 5.89. The molecule has 0 spiro atoms. The van der Waals surface area contributed by atoms with Crippen LogP contribution in [0.15, 0.2) is 54.6 Å². The fourth-order valence-electron chi connectivity index (χ4n) is 4.09. The van der Waals surface area contributed by atoms with Gasteiger partial charge in [-0.15, -0.1) is 0 Å². The van der Waals surface area contributed by atoms with Crippen LogP contribution in [0, 0.1) is 0 Å². The smallest absolute Gasteiger partial charge is 0.334 e. The number of amides is 4. The summed E-state index contributed by atoms with van der Waals surface area (Å²) in [6.45, 7) is 9.30. The second kappa shape index (κ2) is 14.8. The Bertz CT molecular complexity index is 999. The van der Waals surface area contributed by atoms with Crippen molar-refractivity contribution in [2.24, 2.45) is 0 Å². The van der Waals surface area contributed by atoms with Crippen molar-refractivity contribution in [1.29, 1.82) is 0 Å². The Labute approximate surface area is 220 Å². The minimum Gasteiger partial charge on any atom is -0.508 e. The second-order valence-corrected chi connectivity index (χ2v) is 8.77. The summed E-state index contributed by atoms with van der Waals surface area (Å²) >= 11 is 0. The van der Waals surface area contributed by atoms with Crippen LogP contribution in [0.4, 0.5) is 4.79 Å². The molecule has 4 amide bonds. The van der Waals surface area contributed by atoms with Crippen LogP contribution in [-0.4, -0.2) is 82.2 Å². The van der Waals surface area contributed by atoms with Crippen molar-refractivity contribution in [2.45, 2.75) is 53.2 Å². The third kappa shape index (κ3) is 8.21. The number of phenolic OH excluding ortho intramolecular Hbond substituents is 1. The normalized spacial score (nSPS) is 17.2. The number of rotatable bonds is 5. The van der Waals surface area contributed by atoms with E-state index in [1.807, 2.05) is 44.2 Å². The van der Waals surface area contributed by atoms with Crippen LogP contribution >= 0.6 is 0 Å². The Balaban J connectivity index is 0.000000898. The van der Waals surface area contributed by atoms with Gasteiger partial charge < -0.3 is 20.2 Å². The maximum absolute atomic E-state index is 13.1. The highest BCUT2D eigenvalue weighted by Crippen LogP contribution is 2.22. The maximum atomic E-state index is 13.1. The van der Waals surface area contributed by atoms with E-state index in [2.05, 4.69) is 19.2 Å². The van der Waals surface area contributed by atoms with Gasteiger partial charge in [0.15, 0.2) is 0 Å². The van der Waals surface area contributed by atoms with Gasteiger partial charge in [-0.1, -0.05) is 76.6 Å². The van der Waals surface area contributed by atoms with E-state index in [1.54, 1.807) is 41.2 Å². The molecule has 9 heteroatoms. The highest BCUT2D eigenvalue weighted by atomic mass is 16.3. The number of urea groups is 1. The number of hydrogen-bond donors (Lipinski definition) is 2. The monoisotopic (exact) mass is 511 g/mol. The minimum absolute atomic E-state index is 0.0282. The lowest BCUT2D eigenvalue weighted by Crippen LogP contribution is -2.73. The SMILES string of the molecule is CC.CCC.CN1CC(=O)N2CC(=O)N(CCc3ccccc3)CC2N1C(=O)NCc1ccc(O)cc1. The maximum Gasteiger partial charge on any atom is 0.334 e. The summed E-state index contributed by atoms with van der Waals surface area (Å²) in [7, 11) is 1.69. The molecule has 2 N–H and O–H groups in total. The van der Waals surface area contributed by atoms with E-state index in [4.69, 9.17) is 0 Å². The van der Waals surface area contributed by atoms with Gasteiger partial charge in [0.05, 0.1) is 13.1 Å². The molecule has 0 bridgehead atoms. The van der Waals surface area contributed by atoms with Crippen molar-refractivity contribution in [3.63, 3.8) is 0 Å². The molecule has 2 heterocycles. The van der Waals surface area contributed by atoms with E-state index in [0.29, 0.717) is 13.0 Å². The van der Waals surface area contributed by atoms with Crippen molar-refractivity contribution < 1.29 is 19.5 Å². The van der Waals surface area contributed by atoms with Crippen LogP contribution < -0.4 is 5.32 Å². The summed E-state index contributed by atoms with van der Waals surface area (Å²) in [4.78, 5) is 41.5. The van der Waals surface area contributed by atoms with Crippen molar-refractivity contribution in [2.75, 3.05) is 33.2 Å². The number of nitrogens with zero attached hydrogens (tertiary/aromatic N) is 4. The number of piperazine rings is 1. The van der Waals surface area contributed by atoms with Crippen LogP contribution in [-0.2, 0) is 22.6 Å².